The van der Waals surface area contributed by atoms with Crippen LogP contribution in [-0.4, -0.2) is 49.7 Å². The van der Waals surface area contributed by atoms with E-state index in [9.17, 15) is 13.2 Å². The van der Waals surface area contributed by atoms with Crippen molar-refractivity contribution >= 4 is 27.3 Å². The van der Waals surface area contributed by atoms with Crippen LogP contribution in [0.4, 0.5) is 0 Å². The molecule has 3 rings (SSSR count). The van der Waals surface area contributed by atoms with Crippen molar-refractivity contribution in [3.63, 3.8) is 0 Å². The van der Waals surface area contributed by atoms with E-state index < -0.39 is 10.0 Å². The molecule has 1 aromatic carbocycles. The first-order chi connectivity index (χ1) is 14.5. The van der Waals surface area contributed by atoms with Crippen molar-refractivity contribution in [3.05, 3.63) is 52.9 Å². The molecule has 0 saturated carbocycles. The molecule has 1 unspecified atom stereocenters. The topological polar surface area (TPSA) is 69.7 Å². The maximum Gasteiger partial charge on any atom is 0.252 e. The Hall–Kier alpha value is -1.74. The van der Waals surface area contributed by atoms with Crippen molar-refractivity contribution in [2.24, 2.45) is 5.92 Å². The largest absolute Gasteiger partial charge is 0.352 e. The summed E-state index contributed by atoms with van der Waals surface area (Å²) in [7, 11) is -3.51. The summed E-state index contributed by atoms with van der Waals surface area (Å²) in [6, 6.07) is 11.5. The molecule has 164 valence electrons. The number of nitrogens with one attached hydrogen (secondary N) is 1. The van der Waals surface area contributed by atoms with Gasteiger partial charge in [0, 0.05) is 26.2 Å². The second-order valence-electron chi connectivity index (χ2n) is 7.58. The molecule has 30 heavy (non-hydrogen) atoms. The van der Waals surface area contributed by atoms with Crippen LogP contribution in [0, 0.1) is 5.92 Å². The molecule has 0 spiro atoms. The summed E-state index contributed by atoms with van der Waals surface area (Å²) in [5.41, 5.74) is 2.32. The SMILES string of the molecule is CCN(CC)Cc1ccccc1CNC(=O)C1CCCN(S(=O)(=O)c2cccs2)C1. The minimum Gasteiger partial charge on any atom is -0.352 e. The van der Waals surface area contributed by atoms with Crippen molar-refractivity contribution in [3.8, 4) is 0 Å². The molecule has 6 nitrogen and oxygen atoms in total. The minimum absolute atomic E-state index is 0.0706. The lowest BCUT2D eigenvalue weighted by atomic mass is 9.98. The number of thiophene rings is 1. The summed E-state index contributed by atoms with van der Waals surface area (Å²) >= 11 is 1.22. The molecular weight excluding hydrogens is 418 g/mol. The van der Waals surface area contributed by atoms with E-state index in [4.69, 9.17) is 0 Å². The fraction of sp³-hybridized carbons (Fsp3) is 0.500. The van der Waals surface area contributed by atoms with Gasteiger partial charge >= 0.3 is 0 Å². The van der Waals surface area contributed by atoms with Crippen LogP contribution in [0.15, 0.2) is 46.0 Å². The summed E-state index contributed by atoms with van der Waals surface area (Å²) in [4.78, 5) is 15.2. The van der Waals surface area contributed by atoms with Gasteiger partial charge in [0.05, 0.1) is 5.92 Å². The zero-order chi connectivity index (χ0) is 21.6. The van der Waals surface area contributed by atoms with Crippen LogP contribution in [0.25, 0.3) is 0 Å². The average Bonchev–Trinajstić information content (AvgIpc) is 3.32. The number of benzene rings is 1. The highest BCUT2D eigenvalue weighted by molar-refractivity contribution is 7.91. The van der Waals surface area contributed by atoms with E-state index in [1.807, 2.05) is 18.2 Å². The highest BCUT2D eigenvalue weighted by Crippen LogP contribution is 2.26. The van der Waals surface area contributed by atoms with Crippen molar-refractivity contribution < 1.29 is 13.2 Å². The predicted molar refractivity (Wildman–Crippen MR) is 121 cm³/mol. The van der Waals surface area contributed by atoms with Gasteiger partial charge in [-0.25, -0.2) is 8.42 Å². The number of piperidine rings is 1. The number of sulfonamides is 1. The first kappa shape index (κ1) is 22.9. The second-order valence-corrected chi connectivity index (χ2v) is 10.7. The highest BCUT2D eigenvalue weighted by Gasteiger charge is 2.33. The van der Waals surface area contributed by atoms with E-state index >= 15 is 0 Å². The van der Waals surface area contributed by atoms with Gasteiger partial charge in [-0.1, -0.05) is 44.2 Å². The quantitative estimate of drug-likeness (QED) is 0.638. The number of carbonyl (C=O) groups excluding carboxylic acids is 1. The number of amides is 1. The van der Waals surface area contributed by atoms with Gasteiger partial charge in [-0.3, -0.25) is 9.69 Å². The molecule has 2 heterocycles. The predicted octanol–water partition coefficient (Wildman–Crippen LogP) is 3.31. The van der Waals surface area contributed by atoms with Crippen LogP contribution >= 0.6 is 11.3 Å². The molecule has 1 saturated heterocycles. The van der Waals surface area contributed by atoms with E-state index in [0.29, 0.717) is 30.1 Å². The number of hydrogen-bond acceptors (Lipinski definition) is 5. The molecule has 1 aliphatic rings. The van der Waals surface area contributed by atoms with Crippen LogP contribution < -0.4 is 5.32 Å². The van der Waals surface area contributed by atoms with E-state index in [1.165, 1.54) is 21.2 Å². The van der Waals surface area contributed by atoms with E-state index in [0.717, 1.165) is 25.2 Å². The minimum atomic E-state index is -3.51. The molecule has 1 N–H and O–H groups in total. The molecule has 1 atom stereocenters. The lowest BCUT2D eigenvalue weighted by Crippen LogP contribution is -2.45. The summed E-state index contributed by atoms with van der Waals surface area (Å²) in [5.74, 6) is -0.387. The first-order valence-corrected chi connectivity index (χ1v) is 12.9. The summed E-state index contributed by atoms with van der Waals surface area (Å²) in [6.07, 6.45) is 1.41. The Morgan fingerprint density at radius 1 is 1.17 bits per heavy atom. The van der Waals surface area contributed by atoms with Gasteiger partial charge < -0.3 is 5.32 Å². The molecule has 8 heteroatoms. The lowest BCUT2D eigenvalue weighted by Gasteiger charge is -2.31. The Morgan fingerprint density at radius 2 is 1.90 bits per heavy atom. The standard InChI is InChI=1S/C22H31N3O3S2/c1-3-24(4-2)16-19-10-6-5-9-18(19)15-23-22(26)20-11-7-13-25(17-20)30(27,28)21-12-8-14-29-21/h5-6,8-10,12,14,20H,3-4,7,11,13,15-17H2,1-2H3,(H,23,26). The average molecular weight is 450 g/mol. The molecule has 1 fully saturated rings. The summed E-state index contributed by atoms with van der Waals surface area (Å²) in [6.45, 7) is 8.28. The third kappa shape index (κ3) is 5.49. The number of rotatable bonds is 9. The van der Waals surface area contributed by atoms with Gasteiger partial charge in [-0.15, -0.1) is 11.3 Å². The van der Waals surface area contributed by atoms with Gasteiger partial charge in [0.2, 0.25) is 5.91 Å². The fourth-order valence-corrected chi connectivity index (χ4v) is 6.48. The van der Waals surface area contributed by atoms with Crippen LogP contribution in [0.1, 0.15) is 37.8 Å². The Balaban J connectivity index is 1.62. The summed E-state index contributed by atoms with van der Waals surface area (Å²) in [5, 5.41) is 4.81. The third-order valence-corrected chi connectivity index (χ3v) is 8.94. The van der Waals surface area contributed by atoms with Crippen molar-refractivity contribution in [2.45, 2.75) is 44.0 Å². The summed E-state index contributed by atoms with van der Waals surface area (Å²) < 4.78 is 27.4. The molecule has 1 aliphatic heterocycles. The Labute approximate surface area is 183 Å². The smallest absolute Gasteiger partial charge is 0.252 e. The third-order valence-electron chi connectivity index (χ3n) is 5.70. The highest BCUT2D eigenvalue weighted by atomic mass is 32.2. The number of carbonyl (C=O) groups is 1. The van der Waals surface area contributed by atoms with E-state index in [2.05, 4.69) is 30.1 Å². The van der Waals surface area contributed by atoms with E-state index in [1.54, 1.807) is 17.5 Å². The van der Waals surface area contributed by atoms with Crippen LogP contribution in [-0.2, 0) is 27.9 Å². The number of hydrogen-bond donors (Lipinski definition) is 1. The monoisotopic (exact) mass is 449 g/mol. The normalized spacial score (nSPS) is 17.9. The Morgan fingerprint density at radius 3 is 2.57 bits per heavy atom. The van der Waals surface area contributed by atoms with Crippen LogP contribution in [0.3, 0.4) is 0 Å². The van der Waals surface area contributed by atoms with Gasteiger partial charge in [-0.2, -0.15) is 4.31 Å². The van der Waals surface area contributed by atoms with Crippen molar-refractivity contribution in [1.82, 2.24) is 14.5 Å². The van der Waals surface area contributed by atoms with Gasteiger partial charge in [0.1, 0.15) is 4.21 Å². The van der Waals surface area contributed by atoms with E-state index in [-0.39, 0.29) is 18.4 Å². The molecule has 2 aromatic rings. The Bertz CT molecular complexity index is 925. The zero-order valence-electron chi connectivity index (χ0n) is 17.7. The fourth-order valence-electron chi connectivity index (χ4n) is 3.81. The Kier molecular flexibility index (Phi) is 8.05. The van der Waals surface area contributed by atoms with Gasteiger partial charge in [0.25, 0.3) is 10.0 Å². The van der Waals surface area contributed by atoms with Crippen molar-refractivity contribution in [2.75, 3.05) is 26.2 Å². The molecule has 0 radical (unpaired) electrons. The van der Waals surface area contributed by atoms with Crippen molar-refractivity contribution in [1.29, 1.82) is 0 Å². The maximum atomic E-state index is 12.8. The number of nitrogens with zero attached hydrogens (tertiary/aromatic N) is 2. The van der Waals surface area contributed by atoms with Gasteiger partial charge in [0.15, 0.2) is 0 Å². The van der Waals surface area contributed by atoms with Crippen LogP contribution in [0.5, 0.6) is 0 Å². The first-order valence-electron chi connectivity index (χ1n) is 10.6. The molecule has 0 aliphatic carbocycles. The molecule has 1 aromatic heterocycles. The molecule has 0 bridgehead atoms. The second kappa shape index (κ2) is 10.5. The molecular formula is C22H31N3O3S2. The maximum absolute atomic E-state index is 12.8. The zero-order valence-corrected chi connectivity index (χ0v) is 19.3. The van der Waals surface area contributed by atoms with Crippen LogP contribution in [0.2, 0.25) is 0 Å². The molecule has 1 amide bonds. The lowest BCUT2D eigenvalue weighted by molar-refractivity contribution is -0.126. The van der Waals surface area contributed by atoms with Gasteiger partial charge in [-0.05, 0) is 48.5 Å².